The Bertz CT molecular complexity index is 741. The number of hydrogen-bond donors (Lipinski definition) is 4. The van der Waals surface area contributed by atoms with Crippen molar-refractivity contribution >= 4 is 0 Å². The Labute approximate surface area is 124 Å². The molecule has 22 heavy (non-hydrogen) atoms. The maximum absolute atomic E-state index is 9.99. The van der Waals surface area contributed by atoms with Crippen molar-refractivity contribution in [3.05, 3.63) is 42.6 Å². The van der Waals surface area contributed by atoms with Crippen LogP contribution >= 0.6 is 0 Å². The quantitative estimate of drug-likeness (QED) is 0.571. The fraction of sp³-hybridized carbons (Fsp3) is 0. The van der Waals surface area contributed by atoms with E-state index in [9.17, 15) is 20.4 Å². The predicted molar refractivity (Wildman–Crippen MR) is 77.4 cm³/mol. The van der Waals surface area contributed by atoms with Crippen LogP contribution < -0.4 is 0 Å². The minimum absolute atomic E-state index is 0.0371. The van der Waals surface area contributed by atoms with Crippen molar-refractivity contribution in [1.29, 1.82) is 0 Å². The van der Waals surface area contributed by atoms with Gasteiger partial charge in [-0.15, -0.1) is 10.2 Å². The van der Waals surface area contributed by atoms with E-state index in [0.717, 1.165) is 0 Å². The van der Waals surface area contributed by atoms with E-state index in [1.807, 2.05) is 0 Å². The van der Waals surface area contributed by atoms with Crippen LogP contribution in [-0.4, -0.2) is 35.8 Å². The van der Waals surface area contributed by atoms with Gasteiger partial charge < -0.3 is 20.4 Å². The molecule has 0 atom stereocenters. The summed E-state index contributed by atoms with van der Waals surface area (Å²) in [5.74, 6) is -0.801. The molecule has 0 fully saturated rings. The summed E-state index contributed by atoms with van der Waals surface area (Å²) in [6, 6.07) is 8.50. The number of benzene rings is 2. The van der Waals surface area contributed by atoms with Crippen LogP contribution in [0.4, 0.5) is 0 Å². The van der Waals surface area contributed by atoms with Crippen LogP contribution in [0.5, 0.6) is 23.0 Å². The fourth-order valence-electron chi connectivity index (χ4n) is 2.21. The number of aromatic nitrogens is 3. The van der Waals surface area contributed by atoms with Crippen LogP contribution in [0.15, 0.2) is 42.6 Å². The molecule has 1 heterocycles. The lowest BCUT2D eigenvalue weighted by Gasteiger charge is -2.12. The van der Waals surface area contributed by atoms with Crippen molar-refractivity contribution in [3.8, 4) is 45.4 Å². The first-order valence-corrected chi connectivity index (χ1v) is 6.30. The van der Waals surface area contributed by atoms with E-state index in [-0.39, 0.29) is 45.4 Å². The third-order valence-corrected chi connectivity index (χ3v) is 3.19. The van der Waals surface area contributed by atoms with E-state index in [4.69, 9.17) is 0 Å². The average molecular weight is 297 g/mol. The standard InChI is InChI=1S/C15H11N3O4/c19-9-3-1-4-10(20)13(9)8-7-16-18-17-15(8)14-11(21)5-2-6-12(14)22/h1-7,19-22H. The zero-order chi connectivity index (χ0) is 15.7. The smallest absolute Gasteiger partial charge is 0.128 e. The number of nitrogens with zero attached hydrogens (tertiary/aromatic N) is 3. The maximum atomic E-state index is 9.99. The van der Waals surface area contributed by atoms with Crippen LogP contribution in [0.2, 0.25) is 0 Å². The number of phenolic OH excluding ortho intramolecular Hbond substituents is 4. The summed E-state index contributed by atoms with van der Waals surface area (Å²) in [6.07, 6.45) is 1.28. The van der Waals surface area contributed by atoms with Crippen molar-refractivity contribution in [2.75, 3.05) is 0 Å². The normalized spacial score (nSPS) is 10.5. The maximum Gasteiger partial charge on any atom is 0.128 e. The second kappa shape index (κ2) is 5.21. The first-order chi connectivity index (χ1) is 10.6. The lowest BCUT2D eigenvalue weighted by atomic mass is 9.98. The molecule has 1 aromatic heterocycles. The summed E-state index contributed by atoms with van der Waals surface area (Å²) < 4.78 is 0. The van der Waals surface area contributed by atoms with Crippen LogP contribution in [0, 0.1) is 0 Å². The highest BCUT2D eigenvalue weighted by Crippen LogP contribution is 2.44. The van der Waals surface area contributed by atoms with E-state index in [1.54, 1.807) is 0 Å². The SMILES string of the molecule is Oc1cccc(O)c1-c1cnnnc1-c1c(O)cccc1O. The molecule has 0 aliphatic heterocycles. The molecule has 4 N–H and O–H groups in total. The Kier molecular flexibility index (Phi) is 3.23. The van der Waals surface area contributed by atoms with E-state index >= 15 is 0 Å². The zero-order valence-corrected chi connectivity index (χ0v) is 11.2. The predicted octanol–water partition coefficient (Wildman–Crippen LogP) is 2.03. The Morgan fingerprint density at radius 3 is 1.73 bits per heavy atom. The second-order valence-corrected chi connectivity index (χ2v) is 4.54. The number of hydrogen-bond acceptors (Lipinski definition) is 7. The Morgan fingerprint density at radius 1 is 0.682 bits per heavy atom. The van der Waals surface area contributed by atoms with Gasteiger partial charge in [0.2, 0.25) is 0 Å². The number of rotatable bonds is 2. The van der Waals surface area contributed by atoms with Gasteiger partial charge in [-0.2, -0.15) is 0 Å². The van der Waals surface area contributed by atoms with E-state index in [0.29, 0.717) is 0 Å². The Balaban J connectivity index is 2.33. The van der Waals surface area contributed by atoms with Crippen LogP contribution in [0.25, 0.3) is 22.4 Å². The molecule has 0 aliphatic carbocycles. The first kappa shape index (κ1) is 13.6. The summed E-state index contributed by atoms with van der Waals surface area (Å²) in [5, 5.41) is 50.9. The van der Waals surface area contributed by atoms with Gasteiger partial charge in [-0.05, 0) is 29.5 Å². The van der Waals surface area contributed by atoms with Crippen molar-refractivity contribution in [2.45, 2.75) is 0 Å². The Hall–Kier alpha value is -3.35. The molecule has 7 heteroatoms. The molecule has 0 amide bonds. The van der Waals surface area contributed by atoms with Gasteiger partial charge in [0.1, 0.15) is 28.7 Å². The van der Waals surface area contributed by atoms with Gasteiger partial charge >= 0.3 is 0 Å². The monoisotopic (exact) mass is 297 g/mol. The second-order valence-electron chi connectivity index (χ2n) is 4.54. The zero-order valence-electron chi connectivity index (χ0n) is 11.2. The third kappa shape index (κ3) is 2.14. The van der Waals surface area contributed by atoms with E-state index < -0.39 is 0 Å². The van der Waals surface area contributed by atoms with E-state index in [1.165, 1.54) is 42.6 Å². The summed E-state index contributed by atoms with van der Waals surface area (Å²) in [5.41, 5.74) is 0.433. The van der Waals surface area contributed by atoms with Crippen LogP contribution in [0.3, 0.4) is 0 Å². The van der Waals surface area contributed by atoms with Gasteiger partial charge in [-0.25, -0.2) is 0 Å². The fourth-order valence-corrected chi connectivity index (χ4v) is 2.21. The van der Waals surface area contributed by atoms with Crippen molar-refractivity contribution in [3.63, 3.8) is 0 Å². The molecule has 0 radical (unpaired) electrons. The Morgan fingerprint density at radius 2 is 1.18 bits per heavy atom. The van der Waals surface area contributed by atoms with Crippen molar-refractivity contribution in [1.82, 2.24) is 15.4 Å². The lowest BCUT2D eigenvalue weighted by molar-refractivity contribution is 0.451. The molecule has 0 bridgehead atoms. The molecule has 0 saturated carbocycles. The topological polar surface area (TPSA) is 120 Å². The van der Waals surface area contributed by atoms with Gasteiger partial charge in [-0.3, -0.25) is 0 Å². The molecule has 0 spiro atoms. The molecule has 2 aromatic carbocycles. The number of aromatic hydroxyl groups is 4. The van der Waals surface area contributed by atoms with E-state index in [2.05, 4.69) is 15.4 Å². The summed E-state index contributed by atoms with van der Waals surface area (Å²) in [6.45, 7) is 0. The number of phenols is 4. The van der Waals surface area contributed by atoms with Gasteiger partial charge in [0.15, 0.2) is 0 Å². The molecule has 7 nitrogen and oxygen atoms in total. The van der Waals surface area contributed by atoms with Crippen molar-refractivity contribution < 1.29 is 20.4 Å². The highest BCUT2D eigenvalue weighted by atomic mass is 16.3. The summed E-state index contributed by atoms with van der Waals surface area (Å²) in [7, 11) is 0. The molecule has 110 valence electrons. The lowest BCUT2D eigenvalue weighted by Crippen LogP contribution is -1.96. The highest BCUT2D eigenvalue weighted by molar-refractivity contribution is 5.89. The van der Waals surface area contributed by atoms with Gasteiger partial charge in [-0.1, -0.05) is 12.1 Å². The summed E-state index contributed by atoms with van der Waals surface area (Å²) in [4.78, 5) is 0. The third-order valence-electron chi connectivity index (χ3n) is 3.19. The molecule has 0 saturated heterocycles. The molecular weight excluding hydrogens is 286 g/mol. The highest BCUT2D eigenvalue weighted by Gasteiger charge is 2.21. The van der Waals surface area contributed by atoms with Crippen molar-refractivity contribution in [2.24, 2.45) is 0 Å². The molecule has 0 aliphatic rings. The largest absolute Gasteiger partial charge is 0.507 e. The van der Waals surface area contributed by atoms with Gasteiger partial charge in [0, 0.05) is 5.56 Å². The van der Waals surface area contributed by atoms with Crippen LogP contribution in [-0.2, 0) is 0 Å². The van der Waals surface area contributed by atoms with Gasteiger partial charge in [0.25, 0.3) is 0 Å². The summed E-state index contributed by atoms with van der Waals surface area (Å²) >= 11 is 0. The first-order valence-electron chi connectivity index (χ1n) is 6.30. The van der Waals surface area contributed by atoms with Gasteiger partial charge in [0.05, 0.1) is 17.3 Å². The molecule has 0 unspecified atom stereocenters. The molecule has 3 rings (SSSR count). The minimum atomic E-state index is -0.211. The minimum Gasteiger partial charge on any atom is -0.507 e. The van der Waals surface area contributed by atoms with Crippen LogP contribution in [0.1, 0.15) is 0 Å². The molecular formula is C15H11N3O4. The average Bonchev–Trinajstić information content (AvgIpc) is 2.48. The molecule has 3 aromatic rings.